The van der Waals surface area contributed by atoms with Gasteiger partial charge in [0.1, 0.15) is 0 Å². The molecular formula is C26H31NO5. The third-order valence-electron chi connectivity index (χ3n) is 8.00. The highest BCUT2D eigenvalue weighted by Gasteiger charge is 2.58. The van der Waals surface area contributed by atoms with Crippen LogP contribution in [0.5, 0.6) is 0 Å². The summed E-state index contributed by atoms with van der Waals surface area (Å²) in [6, 6.07) is 3.38. The van der Waals surface area contributed by atoms with Gasteiger partial charge in [-0.15, -0.1) is 0 Å². The minimum Gasteiger partial charge on any atom is -0.461 e. The molecule has 1 aromatic heterocycles. The van der Waals surface area contributed by atoms with Crippen LogP contribution in [0.1, 0.15) is 56.3 Å². The molecule has 1 unspecified atom stereocenters. The van der Waals surface area contributed by atoms with Crippen LogP contribution in [0.4, 0.5) is 0 Å². The molecule has 2 saturated carbocycles. The van der Waals surface area contributed by atoms with Gasteiger partial charge in [0.2, 0.25) is 0 Å². The molecule has 3 aliphatic rings. The number of aliphatic hydroxyl groups excluding tert-OH is 1. The molecule has 1 aromatic rings. The van der Waals surface area contributed by atoms with Gasteiger partial charge in [0.25, 0.3) is 0 Å². The van der Waals surface area contributed by atoms with Crippen LogP contribution in [-0.4, -0.2) is 34.7 Å². The summed E-state index contributed by atoms with van der Waals surface area (Å²) >= 11 is 0. The van der Waals surface area contributed by atoms with Crippen molar-refractivity contribution in [3.05, 3.63) is 66.2 Å². The van der Waals surface area contributed by atoms with E-state index >= 15 is 0 Å². The lowest BCUT2D eigenvalue weighted by molar-refractivity contribution is -0.152. The van der Waals surface area contributed by atoms with E-state index in [0.717, 1.165) is 19.3 Å². The van der Waals surface area contributed by atoms with Crippen LogP contribution in [0.2, 0.25) is 0 Å². The number of hydrogen-bond acceptors (Lipinski definition) is 6. The minimum atomic E-state index is -0.566. The smallest absolute Gasteiger partial charge is 0.342 e. The molecule has 0 spiro atoms. The zero-order valence-electron chi connectivity index (χ0n) is 18.8. The monoisotopic (exact) mass is 437 g/mol. The summed E-state index contributed by atoms with van der Waals surface area (Å²) in [6.07, 6.45) is 11.5. The van der Waals surface area contributed by atoms with Crippen LogP contribution >= 0.6 is 0 Å². The number of aliphatic hydroxyl groups is 1. The van der Waals surface area contributed by atoms with E-state index in [-0.39, 0.29) is 29.8 Å². The van der Waals surface area contributed by atoms with Gasteiger partial charge in [0.05, 0.1) is 30.1 Å². The summed E-state index contributed by atoms with van der Waals surface area (Å²) < 4.78 is 10.6. The van der Waals surface area contributed by atoms with Crippen molar-refractivity contribution in [1.82, 2.24) is 4.98 Å². The van der Waals surface area contributed by atoms with E-state index in [9.17, 15) is 14.7 Å². The number of carbonyl (C=O) groups excluding carboxylic acids is 2. The van der Waals surface area contributed by atoms with Crippen molar-refractivity contribution >= 4 is 11.9 Å². The van der Waals surface area contributed by atoms with Crippen molar-refractivity contribution in [2.75, 3.05) is 6.61 Å². The van der Waals surface area contributed by atoms with E-state index in [1.54, 1.807) is 24.4 Å². The van der Waals surface area contributed by atoms with E-state index in [0.29, 0.717) is 24.0 Å². The Labute approximate surface area is 189 Å². The van der Waals surface area contributed by atoms with Gasteiger partial charge in [0.15, 0.2) is 0 Å². The van der Waals surface area contributed by atoms with Crippen LogP contribution in [-0.2, 0) is 14.3 Å². The highest BCUT2D eigenvalue weighted by atomic mass is 16.5. The Morgan fingerprint density at radius 1 is 1.41 bits per heavy atom. The van der Waals surface area contributed by atoms with E-state index in [4.69, 9.17) is 9.47 Å². The molecule has 1 aliphatic heterocycles. The number of cyclic esters (lactones) is 1. The first kappa shape index (κ1) is 22.5. The van der Waals surface area contributed by atoms with Crippen molar-refractivity contribution in [3.8, 4) is 0 Å². The fourth-order valence-electron chi connectivity index (χ4n) is 6.11. The Hall–Kier alpha value is -2.73. The van der Waals surface area contributed by atoms with Crippen molar-refractivity contribution < 1.29 is 24.2 Å². The second-order valence-electron chi connectivity index (χ2n) is 9.79. The van der Waals surface area contributed by atoms with Crippen molar-refractivity contribution in [1.29, 1.82) is 0 Å². The number of esters is 2. The molecule has 170 valence electrons. The van der Waals surface area contributed by atoms with E-state index in [1.165, 1.54) is 18.0 Å². The molecule has 6 nitrogen and oxygen atoms in total. The molecule has 6 heteroatoms. The molecule has 2 aliphatic carbocycles. The molecule has 0 radical (unpaired) electrons. The zero-order chi connectivity index (χ0) is 22.9. The predicted molar refractivity (Wildman–Crippen MR) is 119 cm³/mol. The lowest BCUT2D eigenvalue weighted by Crippen LogP contribution is -2.57. The molecule has 4 rings (SSSR count). The first-order valence-corrected chi connectivity index (χ1v) is 11.3. The first-order valence-electron chi connectivity index (χ1n) is 11.3. The van der Waals surface area contributed by atoms with Gasteiger partial charge in [-0.05, 0) is 67.6 Å². The second kappa shape index (κ2) is 8.66. The van der Waals surface area contributed by atoms with Crippen LogP contribution in [0.15, 0.2) is 60.7 Å². The first-order chi connectivity index (χ1) is 15.3. The molecule has 5 atom stereocenters. The molecule has 0 amide bonds. The average Bonchev–Trinajstić information content (AvgIpc) is 3.20. The molecular weight excluding hydrogens is 406 g/mol. The van der Waals surface area contributed by atoms with Crippen molar-refractivity contribution in [3.63, 3.8) is 0 Å². The van der Waals surface area contributed by atoms with Gasteiger partial charge in [-0.1, -0.05) is 32.1 Å². The summed E-state index contributed by atoms with van der Waals surface area (Å²) in [6.45, 7) is 8.81. The highest BCUT2D eigenvalue weighted by molar-refractivity contribution is 5.94. The van der Waals surface area contributed by atoms with Gasteiger partial charge >= 0.3 is 11.9 Å². The number of allylic oxidation sites excluding steroid dienone is 2. The van der Waals surface area contributed by atoms with Crippen molar-refractivity contribution in [2.24, 2.45) is 22.7 Å². The summed E-state index contributed by atoms with van der Waals surface area (Å²) in [5.74, 6) is -0.414. The maximum absolute atomic E-state index is 12.6. The van der Waals surface area contributed by atoms with Gasteiger partial charge in [-0.25, -0.2) is 9.59 Å². The molecule has 32 heavy (non-hydrogen) atoms. The topological polar surface area (TPSA) is 85.7 Å². The number of ether oxygens (including phenoxy) is 2. The van der Waals surface area contributed by atoms with Crippen LogP contribution in [0, 0.1) is 22.7 Å². The van der Waals surface area contributed by atoms with Gasteiger partial charge in [0, 0.05) is 17.8 Å². The fourth-order valence-corrected chi connectivity index (χ4v) is 6.11. The number of fused-ring (bicyclic) bond motifs is 1. The molecule has 2 fully saturated rings. The Kier molecular flexibility index (Phi) is 6.08. The zero-order valence-corrected chi connectivity index (χ0v) is 18.8. The predicted octanol–water partition coefficient (Wildman–Crippen LogP) is 4.38. The molecule has 0 saturated heterocycles. The lowest BCUT2D eigenvalue weighted by atomic mass is 9.46. The summed E-state index contributed by atoms with van der Waals surface area (Å²) in [7, 11) is 0. The maximum atomic E-state index is 12.6. The Morgan fingerprint density at radius 2 is 2.22 bits per heavy atom. The standard InChI is InChI=1S/C26H31NO5/c1-17-6-9-21-25(2,20(17)8-7-18-11-14-31-23(18)29)12-10-22(28)26(21,3)16-32-24(30)19-5-4-13-27-15-19/h4-5,7,11,13-15,20-22,28H,1,6,8-10,12,16H2,2-3H3/b18-7+/t20-,21?,22-,25+,26+/m1/s1. The molecule has 0 aromatic carbocycles. The summed E-state index contributed by atoms with van der Waals surface area (Å²) in [4.78, 5) is 28.4. The summed E-state index contributed by atoms with van der Waals surface area (Å²) in [5, 5.41) is 11.0. The van der Waals surface area contributed by atoms with E-state index < -0.39 is 17.5 Å². The van der Waals surface area contributed by atoms with Gasteiger partial charge in [-0.2, -0.15) is 0 Å². The van der Waals surface area contributed by atoms with E-state index in [2.05, 4.69) is 18.5 Å². The lowest BCUT2D eigenvalue weighted by Gasteiger charge is -2.60. The largest absolute Gasteiger partial charge is 0.461 e. The third kappa shape index (κ3) is 3.92. The maximum Gasteiger partial charge on any atom is 0.342 e. The number of rotatable bonds is 5. The van der Waals surface area contributed by atoms with Crippen LogP contribution in [0.25, 0.3) is 0 Å². The second-order valence-corrected chi connectivity index (χ2v) is 9.79. The number of carbonyl (C=O) groups is 2. The molecule has 2 heterocycles. The number of hydrogen-bond donors (Lipinski definition) is 1. The third-order valence-corrected chi connectivity index (χ3v) is 8.00. The Morgan fingerprint density at radius 3 is 2.91 bits per heavy atom. The highest BCUT2D eigenvalue weighted by Crippen LogP contribution is 2.62. The fraction of sp³-hybridized carbons (Fsp3) is 0.500. The summed E-state index contributed by atoms with van der Waals surface area (Å²) in [5.41, 5.74) is 1.48. The number of pyridine rings is 1. The Balaban J connectivity index is 1.55. The normalized spacial score (nSPS) is 35.5. The molecule has 0 bridgehead atoms. The quantitative estimate of drug-likeness (QED) is 0.418. The Bertz CT molecular complexity index is 968. The van der Waals surface area contributed by atoms with Crippen LogP contribution < -0.4 is 0 Å². The minimum absolute atomic E-state index is 0.118. The van der Waals surface area contributed by atoms with E-state index in [1.807, 2.05) is 13.0 Å². The molecule has 1 N–H and O–H groups in total. The van der Waals surface area contributed by atoms with Crippen LogP contribution in [0.3, 0.4) is 0 Å². The SMILES string of the molecule is C=C1CCC2[C@](C)(COC(=O)c3cccnc3)[C@H](O)CC[C@@]2(C)[C@@H]1C/C=C1\C=COC1=O. The van der Waals surface area contributed by atoms with Gasteiger partial charge < -0.3 is 14.6 Å². The number of aromatic nitrogens is 1. The number of nitrogens with zero attached hydrogens (tertiary/aromatic N) is 1. The van der Waals surface area contributed by atoms with Crippen molar-refractivity contribution in [2.45, 2.75) is 52.1 Å². The average molecular weight is 438 g/mol. The van der Waals surface area contributed by atoms with Gasteiger partial charge in [-0.3, -0.25) is 4.98 Å².